The van der Waals surface area contributed by atoms with Crippen molar-refractivity contribution in [1.29, 1.82) is 0 Å². The topological polar surface area (TPSA) is 84.9 Å². The number of hydrogen-bond donors (Lipinski definition) is 1. The van der Waals surface area contributed by atoms with Crippen LogP contribution in [0.5, 0.6) is 11.5 Å². The molecule has 0 aromatic heterocycles. The Morgan fingerprint density at radius 3 is 2.31 bits per heavy atom. The van der Waals surface area contributed by atoms with Crippen LogP contribution in [-0.4, -0.2) is 42.1 Å². The predicted molar refractivity (Wildman–Crippen MR) is 139 cm³/mol. The fourth-order valence-electron chi connectivity index (χ4n) is 3.65. The maximum Gasteiger partial charge on any atom is 0.241 e. The first-order chi connectivity index (χ1) is 16.6. The molecule has 0 saturated carbocycles. The zero-order valence-corrected chi connectivity index (χ0v) is 22.0. The van der Waals surface area contributed by atoms with Crippen LogP contribution in [0.25, 0.3) is 0 Å². The Labute approximate surface area is 215 Å². The molecular formula is C25H26Cl2N2O5S. The van der Waals surface area contributed by atoms with Crippen LogP contribution < -0.4 is 19.1 Å². The van der Waals surface area contributed by atoms with Crippen molar-refractivity contribution in [3.8, 4) is 11.5 Å². The number of hydrogen-bond acceptors (Lipinski definition) is 5. The van der Waals surface area contributed by atoms with Crippen molar-refractivity contribution in [3.05, 3.63) is 81.8 Å². The zero-order chi connectivity index (χ0) is 25.8. The summed E-state index contributed by atoms with van der Waals surface area (Å²) in [5, 5.41) is 1.11. The van der Waals surface area contributed by atoms with E-state index >= 15 is 0 Å². The monoisotopic (exact) mass is 536 g/mol. The Morgan fingerprint density at radius 1 is 0.971 bits per heavy atom. The van der Waals surface area contributed by atoms with Gasteiger partial charge in [0.15, 0.2) is 11.5 Å². The molecule has 0 saturated heterocycles. The Balaban J connectivity index is 1.82. The lowest BCUT2D eigenvalue weighted by molar-refractivity contribution is -0.117. The van der Waals surface area contributed by atoms with E-state index in [1.54, 1.807) is 31.3 Å². The standard InChI is InChI=1S/C25H26Cl2N2O5S/c1-16(19-7-5-6-8-21(19)27)20-13-17(26)9-11-22(20)29(2)25(30)15-28-35(31,32)18-10-12-23(33-3)24(14-18)34-4/h5-14,16,28H,15H2,1-4H3. The van der Waals surface area contributed by atoms with Gasteiger partial charge < -0.3 is 14.4 Å². The van der Waals surface area contributed by atoms with E-state index in [9.17, 15) is 13.2 Å². The number of nitrogens with one attached hydrogen (secondary N) is 1. The van der Waals surface area contributed by atoms with Gasteiger partial charge in [0, 0.05) is 34.8 Å². The molecule has 0 aliphatic heterocycles. The van der Waals surface area contributed by atoms with Gasteiger partial charge in [-0.05, 0) is 47.5 Å². The largest absolute Gasteiger partial charge is 0.493 e. The molecule has 1 amide bonds. The second kappa shape index (κ2) is 11.3. The highest BCUT2D eigenvalue weighted by atomic mass is 35.5. The van der Waals surface area contributed by atoms with E-state index < -0.39 is 22.5 Å². The second-order valence-electron chi connectivity index (χ2n) is 7.74. The Hall–Kier alpha value is -2.78. The van der Waals surface area contributed by atoms with Gasteiger partial charge >= 0.3 is 0 Å². The Kier molecular flexibility index (Phi) is 8.66. The number of sulfonamides is 1. The first-order valence-corrected chi connectivity index (χ1v) is 12.8. The summed E-state index contributed by atoms with van der Waals surface area (Å²) >= 11 is 12.7. The van der Waals surface area contributed by atoms with Gasteiger partial charge in [-0.2, -0.15) is 0 Å². The lowest BCUT2D eigenvalue weighted by Crippen LogP contribution is -2.38. The number of likely N-dealkylation sites (N-methyl/N-ethyl adjacent to an activating group) is 1. The zero-order valence-electron chi connectivity index (χ0n) is 19.7. The molecule has 0 fully saturated rings. The molecule has 1 atom stereocenters. The minimum absolute atomic E-state index is 0.0508. The van der Waals surface area contributed by atoms with Gasteiger partial charge in [0.25, 0.3) is 0 Å². The highest BCUT2D eigenvalue weighted by Gasteiger charge is 2.23. The van der Waals surface area contributed by atoms with Crippen LogP contribution in [-0.2, 0) is 14.8 Å². The van der Waals surface area contributed by atoms with Crippen molar-refractivity contribution in [2.24, 2.45) is 0 Å². The summed E-state index contributed by atoms with van der Waals surface area (Å²) in [6, 6.07) is 16.8. The SMILES string of the molecule is COc1ccc(S(=O)(=O)NCC(=O)N(C)c2ccc(Cl)cc2C(C)c2ccccc2Cl)cc1OC. The van der Waals surface area contributed by atoms with E-state index in [0.717, 1.165) is 11.1 Å². The van der Waals surface area contributed by atoms with Crippen LogP contribution in [0, 0.1) is 0 Å². The van der Waals surface area contributed by atoms with Crippen LogP contribution in [0.2, 0.25) is 10.0 Å². The lowest BCUT2D eigenvalue weighted by atomic mass is 9.91. The van der Waals surface area contributed by atoms with Gasteiger partial charge in [-0.3, -0.25) is 4.79 Å². The number of rotatable bonds is 9. The number of benzene rings is 3. The predicted octanol–water partition coefficient (Wildman–Crippen LogP) is 5.10. The molecule has 0 radical (unpaired) electrons. The molecule has 0 bridgehead atoms. The number of nitrogens with zero attached hydrogens (tertiary/aromatic N) is 1. The summed E-state index contributed by atoms with van der Waals surface area (Å²) in [4.78, 5) is 14.4. The number of halogens is 2. The average Bonchev–Trinajstić information content (AvgIpc) is 2.86. The summed E-state index contributed by atoms with van der Waals surface area (Å²) in [5.41, 5.74) is 2.26. The molecule has 0 heterocycles. The summed E-state index contributed by atoms with van der Waals surface area (Å²) in [6.07, 6.45) is 0. The van der Waals surface area contributed by atoms with E-state index in [1.165, 1.54) is 37.3 Å². The van der Waals surface area contributed by atoms with Crippen molar-refractivity contribution < 1.29 is 22.7 Å². The number of anilines is 1. The second-order valence-corrected chi connectivity index (χ2v) is 10.4. The Bertz CT molecular complexity index is 1330. The summed E-state index contributed by atoms with van der Waals surface area (Å²) in [7, 11) is 0.465. The van der Waals surface area contributed by atoms with Crippen LogP contribution >= 0.6 is 23.2 Å². The number of methoxy groups -OCH3 is 2. The third kappa shape index (κ3) is 6.08. The smallest absolute Gasteiger partial charge is 0.241 e. The van der Waals surface area contributed by atoms with Gasteiger partial charge in [-0.1, -0.05) is 48.3 Å². The van der Waals surface area contributed by atoms with Crippen molar-refractivity contribution in [2.75, 3.05) is 32.7 Å². The molecule has 186 valence electrons. The van der Waals surface area contributed by atoms with E-state index in [4.69, 9.17) is 32.7 Å². The van der Waals surface area contributed by atoms with E-state index in [1.807, 2.05) is 25.1 Å². The molecule has 7 nitrogen and oxygen atoms in total. The summed E-state index contributed by atoms with van der Waals surface area (Å²) < 4.78 is 38.3. The molecule has 1 unspecified atom stereocenters. The van der Waals surface area contributed by atoms with Gasteiger partial charge in [0.1, 0.15) is 0 Å². The highest BCUT2D eigenvalue weighted by molar-refractivity contribution is 7.89. The highest BCUT2D eigenvalue weighted by Crippen LogP contribution is 2.36. The molecule has 3 aromatic carbocycles. The molecule has 1 N–H and O–H groups in total. The van der Waals surface area contributed by atoms with Gasteiger partial charge in [-0.25, -0.2) is 13.1 Å². The van der Waals surface area contributed by atoms with Crippen molar-refractivity contribution in [3.63, 3.8) is 0 Å². The van der Waals surface area contributed by atoms with E-state index in [-0.39, 0.29) is 16.6 Å². The maximum absolute atomic E-state index is 13.0. The van der Waals surface area contributed by atoms with E-state index in [0.29, 0.717) is 21.5 Å². The molecule has 3 aromatic rings. The average molecular weight is 537 g/mol. The summed E-state index contributed by atoms with van der Waals surface area (Å²) in [5.74, 6) is 0.0310. The minimum Gasteiger partial charge on any atom is -0.493 e. The molecule has 0 spiro atoms. The number of ether oxygens (including phenoxy) is 2. The van der Waals surface area contributed by atoms with Crippen molar-refractivity contribution in [1.82, 2.24) is 4.72 Å². The third-order valence-electron chi connectivity index (χ3n) is 5.64. The lowest BCUT2D eigenvalue weighted by Gasteiger charge is -2.25. The fraction of sp³-hybridized carbons (Fsp3) is 0.240. The minimum atomic E-state index is -3.98. The van der Waals surface area contributed by atoms with E-state index in [2.05, 4.69) is 4.72 Å². The number of carbonyl (C=O) groups is 1. The number of carbonyl (C=O) groups excluding carboxylic acids is 1. The molecule has 0 aliphatic rings. The van der Waals surface area contributed by atoms with Crippen LogP contribution in [0.1, 0.15) is 24.0 Å². The number of amides is 1. The summed E-state index contributed by atoms with van der Waals surface area (Å²) in [6.45, 7) is 1.52. The quantitative estimate of drug-likeness (QED) is 0.411. The normalized spacial score (nSPS) is 12.2. The van der Waals surface area contributed by atoms with Gasteiger partial charge in [0.2, 0.25) is 15.9 Å². The van der Waals surface area contributed by atoms with Gasteiger partial charge in [0.05, 0.1) is 25.7 Å². The van der Waals surface area contributed by atoms with Crippen molar-refractivity contribution >= 4 is 44.8 Å². The Morgan fingerprint density at radius 2 is 1.66 bits per heavy atom. The third-order valence-corrected chi connectivity index (χ3v) is 7.62. The maximum atomic E-state index is 13.0. The fourth-order valence-corrected chi connectivity index (χ4v) is 5.12. The first kappa shape index (κ1) is 26.8. The molecule has 35 heavy (non-hydrogen) atoms. The van der Waals surface area contributed by atoms with Crippen LogP contribution in [0.4, 0.5) is 5.69 Å². The van der Waals surface area contributed by atoms with Gasteiger partial charge in [-0.15, -0.1) is 0 Å². The molecular weight excluding hydrogens is 511 g/mol. The first-order valence-electron chi connectivity index (χ1n) is 10.6. The molecule has 3 rings (SSSR count). The van der Waals surface area contributed by atoms with Crippen molar-refractivity contribution in [2.45, 2.75) is 17.7 Å². The van der Waals surface area contributed by atoms with Crippen LogP contribution in [0.3, 0.4) is 0 Å². The molecule has 0 aliphatic carbocycles. The molecule has 10 heteroatoms. The van der Waals surface area contributed by atoms with Crippen LogP contribution in [0.15, 0.2) is 65.6 Å².